The molecule has 0 aromatic carbocycles. The quantitative estimate of drug-likeness (QED) is 0.433. The van der Waals surface area contributed by atoms with Gasteiger partial charge in [-0.25, -0.2) is 5.48 Å². The second-order valence-electron chi connectivity index (χ2n) is 2.48. The highest BCUT2D eigenvalue weighted by molar-refractivity contribution is 4.93. The van der Waals surface area contributed by atoms with Gasteiger partial charge in [-0.3, -0.25) is 0 Å². The summed E-state index contributed by atoms with van der Waals surface area (Å²) in [6, 6.07) is 0. The second-order valence-corrected chi connectivity index (χ2v) is 2.48. The molecule has 1 unspecified atom stereocenters. The number of hydrogen-bond acceptors (Lipinski definition) is 2. The molecule has 1 aliphatic carbocycles. The maximum atomic E-state index is 8.33. The van der Waals surface area contributed by atoms with Crippen molar-refractivity contribution in [2.75, 3.05) is 6.54 Å². The Labute approximate surface area is 55.5 Å². The molecule has 0 amide bonds. The number of allylic oxidation sites excluding steroid dienone is 1. The van der Waals surface area contributed by atoms with Crippen molar-refractivity contribution < 1.29 is 5.21 Å². The predicted octanol–water partition coefficient (Wildman–Crippen LogP) is 1.32. The van der Waals surface area contributed by atoms with Crippen LogP contribution in [0.2, 0.25) is 0 Å². The fourth-order valence-electron chi connectivity index (χ4n) is 1.17. The number of hydroxylamine groups is 1. The van der Waals surface area contributed by atoms with Crippen LogP contribution in [0.1, 0.15) is 19.3 Å². The van der Waals surface area contributed by atoms with Crippen molar-refractivity contribution in [2.45, 2.75) is 19.3 Å². The SMILES string of the molecule is ONCC1C=CCCC1. The van der Waals surface area contributed by atoms with Crippen LogP contribution in [0.3, 0.4) is 0 Å². The molecule has 0 aromatic heterocycles. The van der Waals surface area contributed by atoms with Gasteiger partial charge in [0, 0.05) is 6.54 Å². The van der Waals surface area contributed by atoms with Gasteiger partial charge >= 0.3 is 0 Å². The Morgan fingerprint density at radius 3 is 3.11 bits per heavy atom. The summed E-state index contributed by atoms with van der Waals surface area (Å²) in [5.41, 5.74) is 2.19. The highest BCUT2D eigenvalue weighted by Crippen LogP contribution is 2.15. The van der Waals surface area contributed by atoms with E-state index < -0.39 is 0 Å². The van der Waals surface area contributed by atoms with E-state index in [9.17, 15) is 0 Å². The zero-order chi connectivity index (χ0) is 6.53. The van der Waals surface area contributed by atoms with Crippen LogP contribution < -0.4 is 5.48 Å². The first-order valence-corrected chi connectivity index (χ1v) is 3.47. The van der Waals surface area contributed by atoms with Crippen molar-refractivity contribution in [3.8, 4) is 0 Å². The van der Waals surface area contributed by atoms with Crippen LogP contribution in [0.15, 0.2) is 12.2 Å². The molecule has 0 fully saturated rings. The molecule has 0 spiro atoms. The van der Waals surface area contributed by atoms with Crippen LogP contribution in [0.5, 0.6) is 0 Å². The lowest BCUT2D eigenvalue weighted by atomic mass is 9.96. The maximum Gasteiger partial charge on any atom is 0.0270 e. The molecule has 0 radical (unpaired) electrons. The summed E-state index contributed by atoms with van der Waals surface area (Å²) >= 11 is 0. The molecule has 0 saturated carbocycles. The van der Waals surface area contributed by atoms with Gasteiger partial charge in [-0.15, -0.1) is 0 Å². The predicted molar refractivity (Wildman–Crippen MR) is 36.3 cm³/mol. The minimum atomic E-state index is 0.559. The summed E-state index contributed by atoms with van der Waals surface area (Å²) in [6.45, 7) is 0.705. The summed E-state index contributed by atoms with van der Waals surface area (Å²) < 4.78 is 0. The van der Waals surface area contributed by atoms with Gasteiger partial charge in [0.15, 0.2) is 0 Å². The summed E-state index contributed by atoms with van der Waals surface area (Å²) in [5, 5.41) is 8.33. The first kappa shape index (κ1) is 6.78. The molecule has 0 saturated heterocycles. The Morgan fingerprint density at radius 1 is 1.67 bits per heavy atom. The molecular weight excluding hydrogens is 114 g/mol. The van der Waals surface area contributed by atoms with E-state index in [4.69, 9.17) is 5.21 Å². The zero-order valence-electron chi connectivity index (χ0n) is 5.51. The lowest BCUT2D eigenvalue weighted by Crippen LogP contribution is -2.18. The Morgan fingerprint density at radius 2 is 2.56 bits per heavy atom. The monoisotopic (exact) mass is 127 g/mol. The van der Waals surface area contributed by atoms with E-state index in [1.165, 1.54) is 19.3 Å². The van der Waals surface area contributed by atoms with Crippen molar-refractivity contribution in [3.05, 3.63) is 12.2 Å². The van der Waals surface area contributed by atoms with Crippen LogP contribution in [0.4, 0.5) is 0 Å². The highest BCUT2D eigenvalue weighted by Gasteiger charge is 2.05. The van der Waals surface area contributed by atoms with E-state index in [0.29, 0.717) is 12.5 Å². The molecule has 1 aliphatic rings. The third-order valence-corrected chi connectivity index (χ3v) is 1.71. The van der Waals surface area contributed by atoms with E-state index in [2.05, 4.69) is 17.6 Å². The zero-order valence-corrected chi connectivity index (χ0v) is 5.51. The van der Waals surface area contributed by atoms with Gasteiger partial charge in [-0.1, -0.05) is 12.2 Å². The summed E-state index contributed by atoms with van der Waals surface area (Å²) in [5.74, 6) is 0.559. The fraction of sp³-hybridized carbons (Fsp3) is 0.714. The molecule has 2 N–H and O–H groups in total. The molecule has 1 atom stereocenters. The third kappa shape index (κ3) is 2.16. The van der Waals surface area contributed by atoms with Crippen molar-refractivity contribution in [2.24, 2.45) is 5.92 Å². The number of nitrogens with one attached hydrogen (secondary N) is 1. The van der Waals surface area contributed by atoms with Gasteiger partial charge < -0.3 is 5.21 Å². The molecule has 1 rings (SSSR count). The van der Waals surface area contributed by atoms with Gasteiger partial charge in [0.25, 0.3) is 0 Å². The van der Waals surface area contributed by atoms with Crippen LogP contribution in [-0.4, -0.2) is 11.8 Å². The second kappa shape index (κ2) is 3.64. The van der Waals surface area contributed by atoms with Gasteiger partial charge in [-0.2, -0.15) is 0 Å². The Bertz CT molecular complexity index is 101. The molecular formula is C7H13NO. The van der Waals surface area contributed by atoms with E-state index >= 15 is 0 Å². The third-order valence-electron chi connectivity index (χ3n) is 1.71. The maximum absolute atomic E-state index is 8.33. The molecule has 0 bridgehead atoms. The van der Waals surface area contributed by atoms with Gasteiger partial charge in [-0.05, 0) is 25.2 Å². The van der Waals surface area contributed by atoms with E-state index in [1.54, 1.807) is 0 Å². The molecule has 0 aliphatic heterocycles. The Kier molecular flexibility index (Phi) is 2.74. The lowest BCUT2D eigenvalue weighted by Gasteiger charge is -2.13. The number of rotatable bonds is 2. The van der Waals surface area contributed by atoms with E-state index in [0.717, 1.165) is 0 Å². The van der Waals surface area contributed by atoms with Crippen molar-refractivity contribution in [1.29, 1.82) is 0 Å². The van der Waals surface area contributed by atoms with Gasteiger partial charge in [0.2, 0.25) is 0 Å². The summed E-state index contributed by atoms with van der Waals surface area (Å²) in [6.07, 6.45) is 8.05. The average molecular weight is 127 g/mol. The van der Waals surface area contributed by atoms with Crippen LogP contribution in [0.25, 0.3) is 0 Å². The van der Waals surface area contributed by atoms with E-state index in [-0.39, 0.29) is 0 Å². The molecule has 0 heterocycles. The first-order valence-electron chi connectivity index (χ1n) is 3.47. The van der Waals surface area contributed by atoms with Gasteiger partial charge in [0.1, 0.15) is 0 Å². The molecule has 9 heavy (non-hydrogen) atoms. The smallest absolute Gasteiger partial charge is 0.0270 e. The standard InChI is InChI=1S/C7H13NO/c9-8-6-7-4-2-1-3-5-7/h2,4,7-9H,1,3,5-6H2. The molecule has 2 heteroatoms. The van der Waals surface area contributed by atoms with Crippen molar-refractivity contribution in [3.63, 3.8) is 0 Å². The largest absolute Gasteiger partial charge is 0.317 e. The van der Waals surface area contributed by atoms with Crippen LogP contribution in [-0.2, 0) is 0 Å². The normalized spacial score (nSPS) is 26.6. The minimum Gasteiger partial charge on any atom is -0.317 e. The fourth-order valence-corrected chi connectivity index (χ4v) is 1.17. The topological polar surface area (TPSA) is 32.3 Å². The van der Waals surface area contributed by atoms with Gasteiger partial charge in [0.05, 0.1) is 0 Å². The van der Waals surface area contributed by atoms with Crippen LogP contribution in [0, 0.1) is 5.92 Å². The highest BCUT2D eigenvalue weighted by atomic mass is 16.5. The summed E-state index contributed by atoms with van der Waals surface area (Å²) in [7, 11) is 0. The average Bonchev–Trinajstić information content (AvgIpc) is 1.91. The first-order chi connectivity index (χ1) is 4.43. The minimum absolute atomic E-state index is 0.559. The van der Waals surface area contributed by atoms with E-state index in [1.807, 2.05) is 0 Å². The molecule has 52 valence electrons. The molecule has 2 nitrogen and oxygen atoms in total. The van der Waals surface area contributed by atoms with Crippen molar-refractivity contribution >= 4 is 0 Å². The Hall–Kier alpha value is -0.340. The Balaban J connectivity index is 2.23. The molecule has 0 aromatic rings. The summed E-state index contributed by atoms with van der Waals surface area (Å²) in [4.78, 5) is 0. The van der Waals surface area contributed by atoms with Crippen molar-refractivity contribution in [1.82, 2.24) is 5.48 Å². The number of hydrogen-bond donors (Lipinski definition) is 2. The van der Waals surface area contributed by atoms with Crippen LogP contribution >= 0.6 is 0 Å². The lowest BCUT2D eigenvalue weighted by molar-refractivity contribution is 0.153.